The molecule has 0 spiro atoms. The van der Waals surface area contributed by atoms with Crippen molar-refractivity contribution < 1.29 is 4.79 Å². The molecule has 0 aliphatic rings. The van der Waals surface area contributed by atoms with Crippen molar-refractivity contribution in [3.05, 3.63) is 130 Å². The molecule has 0 aliphatic heterocycles. The van der Waals surface area contributed by atoms with Gasteiger partial charge in [0.2, 0.25) is 0 Å². The molecule has 3 aromatic heterocycles. The van der Waals surface area contributed by atoms with E-state index in [9.17, 15) is 9.59 Å². The molecule has 3 N–H and O–H groups in total. The molecule has 0 saturated carbocycles. The van der Waals surface area contributed by atoms with Crippen LogP contribution in [0.1, 0.15) is 40.3 Å². The number of fused-ring (bicyclic) bond motifs is 2. The average molecular weight is 526 g/mol. The molecular formula is C31H23N7O2. The zero-order valence-electron chi connectivity index (χ0n) is 21.4. The van der Waals surface area contributed by atoms with Crippen LogP contribution >= 0.6 is 0 Å². The van der Waals surface area contributed by atoms with Crippen LogP contribution in [-0.2, 0) is 0 Å². The van der Waals surface area contributed by atoms with Gasteiger partial charge in [-0.3, -0.25) is 14.2 Å². The monoisotopic (exact) mass is 525 g/mol. The molecular weight excluding hydrogens is 502 g/mol. The highest BCUT2D eigenvalue weighted by Gasteiger charge is 2.24. The largest absolute Gasteiger partial charge is 0.381 e. The molecule has 0 fully saturated rings. The Hall–Kier alpha value is -5.75. The van der Waals surface area contributed by atoms with E-state index in [4.69, 9.17) is 10.7 Å². The van der Waals surface area contributed by atoms with Gasteiger partial charge in [-0.2, -0.15) is 0 Å². The summed E-state index contributed by atoms with van der Waals surface area (Å²) in [4.78, 5) is 36.6. The summed E-state index contributed by atoms with van der Waals surface area (Å²) in [5.41, 5.74) is 8.75. The summed E-state index contributed by atoms with van der Waals surface area (Å²) in [7, 11) is 0. The number of carbonyl (C=O) groups is 1. The van der Waals surface area contributed by atoms with Crippen LogP contribution in [0, 0.1) is 11.8 Å². The molecule has 3 aromatic carbocycles. The van der Waals surface area contributed by atoms with Gasteiger partial charge in [-0.15, -0.1) is 5.10 Å². The van der Waals surface area contributed by atoms with Gasteiger partial charge in [-0.25, -0.2) is 14.5 Å². The Bertz CT molecular complexity index is 2000. The van der Waals surface area contributed by atoms with Gasteiger partial charge in [-0.1, -0.05) is 54.3 Å². The van der Waals surface area contributed by atoms with Crippen molar-refractivity contribution in [1.29, 1.82) is 0 Å². The summed E-state index contributed by atoms with van der Waals surface area (Å²) in [5, 5.41) is 7.50. The SMILES string of the molecule is C[C@H](NC(=O)c1c(N)nn2cccnc12)c1nc2cccc(C#Cc3ccccc3)c2c(=O)n1-c1ccccc1. The third-order valence-electron chi connectivity index (χ3n) is 6.44. The van der Waals surface area contributed by atoms with Gasteiger partial charge >= 0.3 is 0 Å². The highest BCUT2D eigenvalue weighted by Crippen LogP contribution is 2.22. The summed E-state index contributed by atoms with van der Waals surface area (Å²) in [5.74, 6) is 6.20. The molecule has 0 bridgehead atoms. The number of nitrogens with one attached hydrogen (secondary N) is 1. The molecule has 6 rings (SSSR count). The van der Waals surface area contributed by atoms with Crippen molar-refractivity contribution in [1.82, 2.24) is 29.5 Å². The maximum absolute atomic E-state index is 14.1. The Morgan fingerprint density at radius 2 is 1.70 bits per heavy atom. The Morgan fingerprint density at radius 1 is 0.950 bits per heavy atom. The molecule has 0 unspecified atom stereocenters. The first kappa shape index (κ1) is 24.6. The summed E-state index contributed by atoms with van der Waals surface area (Å²) >= 11 is 0. The highest BCUT2D eigenvalue weighted by molar-refractivity contribution is 6.04. The number of rotatable bonds is 4. The smallest absolute Gasteiger partial charge is 0.267 e. The van der Waals surface area contributed by atoms with Crippen LogP contribution in [-0.4, -0.2) is 30.1 Å². The minimum absolute atomic E-state index is 0.0527. The fourth-order valence-electron chi connectivity index (χ4n) is 4.58. The zero-order valence-corrected chi connectivity index (χ0v) is 21.4. The first-order chi connectivity index (χ1) is 19.5. The first-order valence-corrected chi connectivity index (χ1v) is 12.6. The number of para-hydroxylation sites is 1. The minimum Gasteiger partial charge on any atom is -0.381 e. The molecule has 0 radical (unpaired) electrons. The molecule has 3 heterocycles. The van der Waals surface area contributed by atoms with E-state index in [2.05, 4.69) is 27.2 Å². The first-order valence-electron chi connectivity index (χ1n) is 12.6. The van der Waals surface area contributed by atoms with Gasteiger partial charge in [0.1, 0.15) is 11.4 Å². The molecule has 9 nitrogen and oxygen atoms in total. The third-order valence-corrected chi connectivity index (χ3v) is 6.44. The van der Waals surface area contributed by atoms with Crippen molar-refractivity contribution in [3.8, 4) is 17.5 Å². The molecule has 0 saturated heterocycles. The number of aromatic nitrogens is 5. The summed E-state index contributed by atoms with van der Waals surface area (Å²) in [6.45, 7) is 1.76. The van der Waals surface area contributed by atoms with Crippen LogP contribution in [0.3, 0.4) is 0 Å². The maximum atomic E-state index is 14.1. The van der Waals surface area contributed by atoms with E-state index in [1.165, 1.54) is 9.08 Å². The third kappa shape index (κ3) is 4.44. The topological polar surface area (TPSA) is 120 Å². The normalized spacial score (nSPS) is 11.6. The quantitative estimate of drug-likeness (QED) is 0.337. The van der Waals surface area contributed by atoms with Gasteiger partial charge < -0.3 is 11.1 Å². The minimum atomic E-state index is -0.679. The van der Waals surface area contributed by atoms with Crippen LogP contribution in [0.2, 0.25) is 0 Å². The van der Waals surface area contributed by atoms with E-state index >= 15 is 0 Å². The Balaban J connectivity index is 1.48. The van der Waals surface area contributed by atoms with Gasteiger partial charge in [0.05, 0.1) is 22.6 Å². The van der Waals surface area contributed by atoms with Crippen LogP contribution in [0.4, 0.5) is 5.82 Å². The lowest BCUT2D eigenvalue weighted by Gasteiger charge is -2.20. The molecule has 1 atom stereocenters. The number of nitrogens with zero attached hydrogens (tertiary/aromatic N) is 5. The Kier molecular flexibility index (Phi) is 6.26. The lowest BCUT2D eigenvalue weighted by Crippen LogP contribution is -2.33. The van der Waals surface area contributed by atoms with E-state index in [0.717, 1.165) is 5.56 Å². The summed E-state index contributed by atoms with van der Waals surface area (Å²) < 4.78 is 2.96. The number of carbonyl (C=O) groups excluding carboxylic acids is 1. The second-order valence-corrected chi connectivity index (χ2v) is 9.11. The van der Waals surface area contributed by atoms with Gasteiger partial charge in [-0.05, 0) is 49.4 Å². The number of nitrogen functional groups attached to an aromatic ring is 1. The molecule has 0 aliphatic carbocycles. The van der Waals surface area contributed by atoms with Crippen LogP contribution in [0.25, 0.3) is 22.2 Å². The number of hydrogen-bond donors (Lipinski definition) is 2. The van der Waals surface area contributed by atoms with E-state index in [-0.39, 0.29) is 16.9 Å². The molecule has 40 heavy (non-hydrogen) atoms. The van der Waals surface area contributed by atoms with E-state index in [0.29, 0.717) is 33.6 Å². The summed E-state index contributed by atoms with van der Waals surface area (Å²) in [6, 6.07) is 25.2. The van der Waals surface area contributed by atoms with Crippen molar-refractivity contribution in [3.63, 3.8) is 0 Å². The average Bonchev–Trinajstić information content (AvgIpc) is 3.32. The molecule has 6 aromatic rings. The van der Waals surface area contributed by atoms with Crippen molar-refractivity contribution >= 4 is 28.3 Å². The second-order valence-electron chi connectivity index (χ2n) is 9.11. The fourth-order valence-corrected chi connectivity index (χ4v) is 4.58. The number of amides is 1. The summed E-state index contributed by atoms with van der Waals surface area (Å²) in [6.07, 6.45) is 3.22. The van der Waals surface area contributed by atoms with Gasteiger partial charge in [0.25, 0.3) is 11.5 Å². The zero-order chi connectivity index (χ0) is 27.6. The predicted octanol–water partition coefficient (Wildman–Crippen LogP) is 3.90. The lowest BCUT2D eigenvalue weighted by molar-refractivity contribution is 0.0940. The number of benzene rings is 3. The number of nitrogens with two attached hydrogens (primary N) is 1. The predicted molar refractivity (Wildman–Crippen MR) is 153 cm³/mol. The molecule has 1 amide bonds. The standard InChI is InChI=1S/C31H23N7O2/c1-20(34-30(39)26-27(32)36-37-19-9-18-33-29(26)37)28-35-24-15-8-12-22(17-16-21-10-4-2-5-11-21)25(24)31(40)38(28)23-13-6-3-7-14-23/h2-15,18-20H,1H3,(H2,32,36)(H,34,39)/t20-/m0/s1. The van der Waals surface area contributed by atoms with Crippen LogP contribution in [0.15, 0.2) is 102 Å². The van der Waals surface area contributed by atoms with Crippen LogP contribution < -0.4 is 16.6 Å². The van der Waals surface area contributed by atoms with Crippen molar-refractivity contribution in [2.75, 3.05) is 5.73 Å². The second kappa shape index (κ2) is 10.2. The van der Waals surface area contributed by atoms with E-state index in [1.807, 2.05) is 72.8 Å². The highest BCUT2D eigenvalue weighted by atomic mass is 16.2. The Labute approximate surface area is 228 Å². The molecule has 9 heteroatoms. The number of anilines is 1. The Morgan fingerprint density at radius 3 is 2.48 bits per heavy atom. The molecule has 194 valence electrons. The lowest BCUT2D eigenvalue weighted by atomic mass is 10.1. The maximum Gasteiger partial charge on any atom is 0.267 e. The van der Waals surface area contributed by atoms with Gasteiger partial charge in [0, 0.05) is 23.5 Å². The van der Waals surface area contributed by atoms with Crippen molar-refractivity contribution in [2.45, 2.75) is 13.0 Å². The van der Waals surface area contributed by atoms with Crippen molar-refractivity contribution in [2.24, 2.45) is 0 Å². The van der Waals surface area contributed by atoms with Gasteiger partial charge in [0.15, 0.2) is 11.5 Å². The van der Waals surface area contributed by atoms with E-state index < -0.39 is 11.9 Å². The number of hydrogen-bond acceptors (Lipinski definition) is 6. The fraction of sp³-hybridized carbons (Fsp3) is 0.0645. The van der Waals surface area contributed by atoms with E-state index in [1.54, 1.807) is 31.5 Å². The van der Waals surface area contributed by atoms with Crippen LogP contribution in [0.5, 0.6) is 0 Å².